The van der Waals surface area contributed by atoms with Gasteiger partial charge in [0.25, 0.3) is 5.56 Å². The first-order valence-corrected chi connectivity index (χ1v) is 10.2. The molecule has 0 unspecified atom stereocenters. The third-order valence-electron chi connectivity index (χ3n) is 4.42. The van der Waals surface area contributed by atoms with Gasteiger partial charge in [-0.1, -0.05) is 42.4 Å². The molecule has 0 saturated heterocycles. The highest BCUT2D eigenvalue weighted by Gasteiger charge is 2.17. The summed E-state index contributed by atoms with van der Waals surface area (Å²) >= 11 is 7.19. The van der Waals surface area contributed by atoms with Crippen LogP contribution in [0, 0.1) is 0 Å². The van der Waals surface area contributed by atoms with Gasteiger partial charge in [-0.05, 0) is 42.8 Å². The van der Waals surface area contributed by atoms with Crippen molar-refractivity contribution in [3.05, 3.63) is 69.5 Å². The summed E-state index contributed by atoms with van der Waals surface area (Å²) in [6.45, 7) is 2.56. The fraction of sp³-hybridized carbons (Fsp3) is 0.200. The number of nitrogens with zero attached hydrogens (tertiary/aromatic N) is 4. The minimum Gasteiger partial charge on any atom is -0.293 e. The fourth-order valence-corrected chi connectivity index (χ4v) is 4.06. The van der Waals surface area contributed by atoms with E-state index in [4.69, 9.17) is 11.6 Å². The Morgan fingerprint density at radius 2 is 1.86 bits per heavy atom. The standard InChI is InChI=1S/C20H17ClN4O2S/c1-2-11-24-18(27)15-5-3-4-6-16(15)25-19(24)22-23-20(25)28-12-17(26)13-7-9-14(21)10-8-13/h3-10H,2,11-12H2,1H3. The van der Waals surface area contributed by atoms with Crippen LogP contribution in [0.4, 0.5) is 0 Å². The Hall–Kier alpha value is -2.64. The van der Waals surface area contributed by atoms with Crippen molar-refractivity contribution in [2.24, 2.45) is 0 Å². The third-order valence-corrected chi connectivity index (χ3v) is 5.60. The number of halogens is 1. The number of para-hydroxylation sites is 1. The summed E-state index contributed by atoms with van der Waals surface area (Å²) in [4.78, 5) is 25.3. The molecule has 2 aromatic carbocycles. The lowest BCUT2D eigenvalue weighted by Crippen LogP contribution is -2.23. The van der Waals surface area contributed by atoms with Gasteiger partial charge in [0, 0.05) is 17.1 Å². The van der Waals surface area contributed by atoms with Gasteiger partial charge >= 0.3 is 0 Å². The molecule has 0 aliphatic heterocycles. The van der Waals surface area contributed by atoms with Crippen molar-refractivity contribution >= 4 is 45.8 Å². The minimum absolute atomic E-state index is 0.0235. The van der Waals surface area contributed by atoms with Crippen LogP contribution in [0.5, 0.6) is 0 Å². The van der Waals surface area contributed by atoms with Gasteiger partial charge in [0.1, 0.15) is 0 Å². The van der Waals surface area contributed by atoms with Crippen LogP contribution in [0.15, 0.2) is 58.5 Å². The number of Topliss-reactive ketones (excluding diaryl/α,β-unsaturated/α-hetero) is 1. The SMILES string of the molecule is CCCn1c(=O)c2ccccc2n2c(SCC(=O)c3ccc(Cl)cc3)nnc12. The molecular formula is C20H17ClN4O2S. The van der Waals surface area contributed by atoms with Crippen LogP contribution in [-0.4, -0.2) is 30.7 Å². The van der Waals surface area contributed by atoms with Gasteiger partial charge in [0.05, 0.1) is 16.7 Å². The number of ketones is 1. The molecule has 4 rings (SSSR count). The van der Waals surface area contributed by atoms with Crippen molar-refractivity contribution in [2.75, 3.05) is 5.75 Å². The van der Waals surface area contributed by atoms with E-state index in [1.54, 1.807) is 34.9 Å². The third kappa shape index (κ3) is 3.31. The number of rotatable bonds is 6. The quantitative estimate of drug-likeness (QED) is 0.352. The van der Waals surface area contributed by atoms with E-state index >= 15 is 0 Å². The highest BCUT2D eigenvalue weighted by Crippen LogP contribution is 2.23. The van der Waals surface area contributed by atoms with E-state index in [-0.39, 0.29) is 17.1 Å². The summed E-state index contributed by atoms with van der Waals surface area (Å²) in [5.41, 5.74) is 1.26. The van der Waals surface area contributed by atoms with Crippen molar-refractivity contribution in [1.29, 1.82) is 0 Å². The van der Waals surface area contributed by atoms with Crippen LogP contribution in [0.3, 0.4) is 0 Å². The molecule has 2 aromatic heterocycles. The second-order valence-electron chi connectivity index (χ2n) is 6.31. The first-order valence-electron chi connectivity index (χ1n) is 8.88. The Kier molecular flexibility index (Phi) is 5.19. The summed E-state index contributed by atoms with van der Waals surface area (Å²) < 4.78 is 3.49. The van der Waals surface area contributed by atoms with Crippen LogP contribution < -0.4 is 5.56 Å². The maximum atomic E-state index is 12.8. The molecule has 0 aliphatic rings. The van der Waals surface area contributed by atoms with Crippen LogP contribution in [0.2, 0.25) is 5.02 Å². The molecular weight excluding hydrogens is 396 g/mol. The Morgan fingerprint density at radius 3 is 2.61 bits per heavy atom. The van der Waals surface area contributed by atoms with Gasteiger partial charge in [-0.3, -0.25) is 18.6 Å². The summed E-state index contributed by atoms with van der Waals surface area (Å²) in [5, 5.41) is 10.3. The molecule has 0 aliphatic carbocycles. The minimum atomic E-state index is -0.0776. The lowest BCUT2D eigenvalue weighted by Gasteiger charge is -2.10. The molecule has 0 spiro atoms. The average Bonchev–Trinajstić information content (AvgIpc) is 3.14. The average molecular weight is 413 g/mol. The van der Waals surface area contributed by atoms with E-state index < -0.39 is 0 Å². The predicted molar refractivity (Wildman–Crippen MR) is 112 cm³/mol. The Morgan fingerprint density at radius 1 is 1.11 bits per heavy atom. The van der Waals surface area contributed by atoms with E-state index in [2.05, 4.69) is 10.2 Å². The summed E-state index contributed by atoms with van der Waals surface area (Å²) in [7, 11) is 0. The van der Waals surface area contributed by atoms with E-state index in [1.807, 2.05) is 29.5 Å². The van der Waals surface area contributed by atoms with Crippen LogP contribution in [0.1, 0.15) is 23.7 Å². The van der Waals surface area contributed by atoms with Crippen LogP contribution >= 0.6 is 23.4 Å². The smallest absolute Gasteiger partial charge is 0.262 e. The molecule has 0 saturated carbocycles. The fourth-order valence-electron chi connectivity index (χ4n) is 3.10. The lowest BCUT2D eigenvalue weighted by atomic mass is 10.1. The molecule has 28 heavy (non-hydrogen) atoms. The Labute approximate surface area is 170 Å². The molecule has 6 nitrogen and oxygen atoms in total. The number of aryl methyl sites for hydroxylation is 1. The van der Waals surface area contributed by atoms with Gasteiger partial charge in [-0.2, -0.15) is 0 Å². The molecule has 142 valence electrons. The van der Waals surface area contributed by atoms with Crippen LogP contribution in [-0.2, 0) is 6.54 Å². The van der Waals surface area contributed by atoms with Gasteiger partial charge in [-0.25, -0.2) is 0 Å². The molecule has 0 atom stereocenters. The monoisotopic (exact) mass is 412 g/mol. The second kappa shape index (κ2) is 7.77. The highest BCUT2D eigenvalue weighted by molar-refractivity contribution is 7.99. The second-order valence-corrected chi connectivity index (χ2v) is 7.69. The zero-order valence-corrected chi connectivity index (χ0v) is 16.7. The molecule has 2 heterocycles. The van der Waals surface area contributed by atoms with E-state index in [9.17, 15) is 9.59 Å². The number of aromatic nitrogens is 4. The molecule has 0 amide bonds. The van der Waals surface area contributed by atoms with Crippen molar-refractivity contribution in [3.63, 3.8) is 0 Å². The first-order chi connectivity index (χ1) is 13.6. The first kappa shape index (κ1) is 18.7. The van der Waals surface area contributed by atoms with E-state index in [0.29, 0.717) is 33.5 Å². The van der Waals surface area contributed by atoms with Crippen molar-refractivity contribution < 1.29 is 4.79 Å². The highest BCUT2D eigenvalue weighted by atomic mass is 35.5. The number of carbonyl (C=O) groups excluding carboxylic acids is 1. The summed E-state index contributed by atoms with van der Waals surface area (Å²) in [5.74, 6) is 0.681. The number of hydrogen-bond acceptors (Lipinski definition) is 5. The molecule has 0 fully saturated rings. The molecule has 0 radical (unpaired) electrons. The van der Waals surface area contributed by atoms with Crippen molar-refractivity contribution in [1.82, 2.24) is 19.2 Å². The van der Waals surface area contributed by atoms with Gasteiger partial charge < -0.3 is 0 Å². The molecule has 0 bridgehead atoms. The van der Waals surface area contributed by atoms with E-state index in [1.165, 1.54) is 11.8 Å². The Balaban J connectivity index is 1.75. The molecule has 0 N–H and O–H groups in total. The number of carbonyl (C=O) groups is 1. The van der Waals surface area contributed by atoms with Gasteiger partial charge in [-0.15, -0.1) is 10.2 Å². The van der Waals surface area contributed by atoms with Gasteiger partial charge in [0.2, 0.25) is 5.78 Å². The summed E-state index contributed by atoms with van der Waals surface area (Å²) in [6.07, 6.45) is 0.804. The number of fused-ring (bicyclic) bond motifs is 3. The van der Waals surface area contributed by atoms with Gasteiger partial charge in [0.15, 0.2) is 10.9 Å². The lowest BCUT2D eigenvalue weighted by molar-refractivity contribution is 0.102. The van der Waals surface area contributed by atoms with E-state index in [0.717, 1.165) is 11.9 Å². The number of benzene rings is 2. The van der Waals surface area contributed by atoms with Crippen molar-refractivity contribution in [3.8, 4) is 0 Å². The maximum Gasteiger partial charge on any atom is 0.262 e. The topological polar surface area (TPSA) is 69.3 Å². The number of thioether (sulfide) groups is 1. The van der Waals surface area contributed by atoms with Crippen LogP contribution in [0.25, 0.3) is 16.7 Å². The molecule has 4 aromatic rings. The largest absolute Gasteiger partial charge is 0.293 e. The zero-order chi connectivity index (χ0) is 19.7. The number of hydrogen-bond donors (Lipinski definition) is 0. The molecule has 8 heteroatoms. The summed E-state index contributed by atoms with van der Waals surface area (Å²) in [6, 6.07) is 14.2. The zero-order valence-electron chi connectivity index (χ0n) is 15.1. The normalized spacial score (nSPS) is 11.4. The Bertz CT molecular complexity index is 1230. The maximum absolute atomic E-state index is 12.8. The van der Waals surface area contributed by atoms with Crippen molar-refractivity contribution in [2.45, 2.75) is 25.0 Å². The predicted octanol–water partition coefficient (Wildman–Crippen LogP) is 4.08.